The van der Waals surface area contributed by atoms with Gasteiger partial charge in [0.1, 0.15) is 11.9 Å². The second-order valence-electron chi connectivity index (χ2n) is 2.86. The van der Waals surface area contributed by atoms with E-state index in [1.165, 1.54) is 12.3 Å². The number of halogens is 1. The van der Waals surface area contributed by atoms with E-state index < -0.39 is 4.92 Å². The van der Waals surface area contributed by atoms with Crippen molar-refractivity contribution in [2.75, 3.05) is 5.88 Å². The third-order valence-electron chi connectivity index (χ3n) is 1.70. The predicted molar refractivity (Wildman–Crippen MR) is 57.8 cm³/mol. The van der Waals surface area contributed by atoms with Crippen molar-refractivity contribution in [3.05, 3.63) is 33.6 Å². The van der Waals surface area contributed by atoms with Crippen molar-refractivity contribution in [2.45, 2.75) is 13.3 Å². The second-order valence-corrected chi connectivity index (χ2v) is 3.23. The molecule has 0 bridgehead atoms. The highest BCUT2D eigenvalue weighted by Crippen LogP contribution is 2.13. The third kappa shape index (κ3) is 3.22. The number of hydrogen-bond donors (Lipinski definition) is 0. The van der Waals surface area contributed by atoms with Gasteiger partial charge in [-0.05, 0) is 18.4 Å². The van der Waals surface area contributed by atoms with Crippen molar-refractivity contribution in [3.8, 4) is 11.8 Å². The molecule has 0 radical (unpaired) electrons. The number of pyridine rings is 1. The van der Waals surface area contributed by atoms with Gasteiger partial charge in [0.15, 0.2) is 0 Å². The third-order valence-corrected chi connectivity index (χ3v) is 1.89. The molecule has 0 N–H and O–H groups in total. The zero-order valence-electron chi connectivity index (χ0n) is 8.16. The summed E-state index contributed by atoms with van der Waals surface area (Å²) < 4.78 is 0. The molecule has 0 saturated heterocycles. The minimum Gasteiger partial charge on any atom is -0.258 e. The fraction of sp³-hybridized carbons (Fsp3) is 0.300. The summed E-state index contributed by atoms with van der Waals surface area (Å²) >= 11 is 5.46. The molecule has 1 rings (SSSR count). The van der Waals surface area contributed by atoms with Crippen LogP contribution in [0.15, 0.2) is 12.3 Å². The second kappa shape index (κ2) is 5.32. The van der Waals surface area contributed by atoms with E-state index in [0.717, 1.165) is 0 Å². The van der Waals surface area contributed by atoms with Crippen LogP contribution in [0, 0.1) is 28.9 Å². The summed E-state index contributed by atoms with van der Waals surface area (Å²) in [5, 5.41) is 10.4. The molecular weight excluding hydrogens is 216 g/mol. The molecule has 0 fully saturated rings. The molecule has 4 nitrogen and oxygen atoms in total. The molecule has 0 aliphatic heterocycles. The van der Waals surface area contributed by atoms with Gasteiger partial charge < -0.3 is 0 Å². The van der Waals surface area contributed by atoms with Gasteiger partial charge >= 0.3 is 0 Å². The van der Waals surface area contributed by atoms with Gasteiger partial charge in [-0.2, -0.15) is 0 Å². The van der Waals surface area contributed by atoms with Gasteiger partial charge in [0.05, 0.1) is 4.92 Å². The molecule has 0 aliphatic rings. The van der Waals surface area contributed by atoms with Gasteiger partial charge in [0.25, 0.3) is 5.69 Å². The molecule has 0 spiro atoms. The first-order valence-electron chi connectivity index (χ1n) is 4.31. The minimum atomic E-state index is -0.476. The van der Waals surface area contributed by atoms with E-state index in [2.05, 4.69) is 16.8 Å². The van der Waals surface area contributed by atoms with Crippen LogP contribution in [0.1, 0.15) is 17.7 Å². The lowest BCUT2D eigenvalue weighted by Crippen LogP contribution is -1.93. The Labute approximate surface area is 92.4 Å². The Morgan fingerprint density at radius 1 is 1.67 bits per heavy atom. The predicted octanol–water partition coefficient (Wildman–Crippen LogP) is 2.28. The van der Waals surface area contributed by atoms with Crippen molar-refractivity contribution >= 4 is 17.3 Å². The van der Waals surface area contributed by atoms with Gasteiger partial charge in [-0.1, -0.05) is 5.92 Å². The lowest BCUT2D eigenvalue weighted by Gasteiger charge is -1.96. The summed E-state index contributed by atoms with van der Waals surface area (Å²) in [6.45, 7) is 1.74. The number of nitrogens with zero attached hydrogens (tertiary/aromatic N) is 2. The van der Waals surface area contributed by atoms with Crippen molar-refractivity contribution in [1.82, 2.24) is 4.98 Å². The molecule has 5 heteroatoms. The topological polar surface area (TPSA) is 56.0 Å². The summed E-state index contributed by atoms with van der Waals surface area (Å²) in [6.07, 6.45) is 1.79. The average molecular weight is 225 g/mol. The largest absolute Gasteiger partial charge is 0.287 e. The smallest absolute Gasteiger partial charge is 0.258 e. The van der Waals surface area contributed by atoms with Crippen LogP contribution in [0.2, 0.25) is 0 Å². The summed E-state index contributed by atoms with van der Waals surface area (Å²) in [5.41, 5.74) is 1.24. The molecule has 0 aromatic carbocycles. The summed E-state index contributed by atoms with van der Waals surface area (Å²) in [4.78, 5) is 13.9. The maximum absolute atomic E-state index is 10.4. The molecular formula is C10H9ClN2O2. The number of hydrogen-bond acceptors (Lipinski definition) is 3. The van der Waals surface area contributed by atoms with E-state index in [1.54, 1.807) is 6.92 Å². The molecule has 15 heavy (non-hydrogen) atoms. The van der Waals surface area contributed by atoms with Crippen molar-refractivity contribution in [2.24, 2.45) is 0 Å². The number of aryl methyl sites for hydroxylation is 1. The molecule has 1 aromatic rings. The SMILES string of the molecule is Cc1cc([N+](=O)[O-])cnc1C#CCCCl. The summed E-state index contributed by atoms with van der Waals surface area (Å²) in [6, 6.07) is 1.46. The van der Waals surface area contributed by atoms with E-state index in [0.29, 0.717) is 23.6 Å². The van der Waals surface area contributed by atoms with Crippen LogP contribution < -0.4 is 0 Å². The maximum atomic E-state index is 10.4. The van der Waals surface area contributed by atoms with Crippen LogP contribution in [0.3, 0.4) is 0 Å². The van der Waals surface area contributed by atoms with Crippen molar-refractivity contribution < 1.29 is 4.92 Å². The first-order valence-corrected chi connectivity index (χ1v) is 4.84. The highest BCUT2D eigenvalue weighted by Gasteiger charge is 2.07. The minimum absolute atomic E-state index is 0.0182. The normalized spacial score (nSPS) is 9.20. The molecule has 0 saturated carbocycles. The highest BCUT2D eigenvalue weighted by atomic mass is 35.5. The monoisotopic (exact) mass is 224 g/mol. The Kier molecular flexibility index (Phi) is 4.07. The Bertz CT molecular complexity index is 435. The number of nitro groups is 1. The highest BCUT2D eigenvalue weighted by molar-refractivity contribution is 6.18. The summed E-state index contributed by atoms with van der Waals surface area (Å²) in [7, 11) is 0. The fourth-order valence-corrected chi connectivity index (χ4v) is 1.08. The number of alkyl halides is 1. The van der Waals surface area contributed by atoms with Crippen molar-refractivity contribution in [3.63, 3.8) is 0 Å². The van der Waals surface area contributed by atoms with Gasteiger partial charge in [0, 0.05) is 18.4 Å². The van der Waals surface area contributed by atoms with Gasteiger partial charge in [-0.3, -0.25) is 10.1 Å². The Morgan fingerprint density at radius 3 is 2.93 bits per heavy atom. The summed E-state index contributed by atoms with van der Waals surface area (Å²) in [5.74, 6) is 6.11. The zero-order valence-corrected chi connectivity index (χ0v) is 8.91. The van der Waals surface area contributed by atoms with Gasteiger partial charge in [0.2, 0.25) is 0 Å². The fourth-order valence-electron chi connectivity index (χ4n) is 0.984. The molecule has 0 atom stereocenters. The van der Waals surface area contributed by atoms with Crippen molar-refractivity contribution in [1.29, 1.82) is 0 Å². The number of rotatable bonds is 2. The molecule has 0 unspecified atom stereocenters. The Balaban J connectivity index is 2.95. The lowest BCUT2D eigenvalue weighted by molar-refractivity contribution is -0.385. The first-order chi connectivity index (χ1) is 7.15. The first kappa shape index (κ1) is 11.5. The van der Waals surface area contributed by atoms with Crippen LogP contribution >= 0.6 is 11.6 Å². The number of aromatic nitrogens is 1. The maximum Gasteiger partial charge on any atom is 0.287 e. The molecule has 78 valence electrons. The quantitative estimate of drug-likeness (QED) is 0.335. The van der Waals surface area contributed by atoms with Crippen LogP contribution in [0.4, 0.5) is 5.69 Å². The molecule has 0 aliphatic carbocycles. The van der Waals surface area contributed by atoms with E-state index in [9.17, 15) is 10.1 Å². The van der Waals surface area contributed by atoms with E-state index >= 15 is 0 Å². The average Bonchev–Trinajstić information content (AvgIpc) is 2.20. The lowest BCUT2D eigenvalue weighted by atomic mass is 10.2. The van der Waals surface area contributed by atoms with Crippen LogP contribution in [-0.2, 0) is 0 Å². The van der Waals surface area contributed by atoms with E-state index in [-0.39, 0.29) is 5.69 Å². The van der Waals surface area contributed by atoms with Crippen LogP contribution in [0.25, 0.3) is 0 Å². The van der Waals surface area contributed by atoms with E-state index in [4.69, 9.17) is 11.6 Å². The molecule has 1 heterocycles. The van der Waals surface area contributed by atoms with Crippen LogP contribution in [-0.4, -0.2) is 15.8 Å². The Hall–Kier alpha value is -1.60. The Morgan fingerprint density at radius 2 is 2.40 bits per heavy atom. The van der Waals surface area contributed by atoms with Gasteiger partial charge in [-0.25, -0.2) is 4.98 Å². The zero-order chi connectivity index (χ0) is 11.3. The van der Waals surface area contributed by atoms with Crippen LogP contribution in [0.5, 0.6) is 0 Å². The molecule has 0 amide bonds. The van der Waals surface area contributed by atoms with E-state index in [1.807, 2.05) is 0 Å². The van der Waals surface area contributed by atoms with Gasteiger partial charge in [-0.15, -0.1) is 11.6 Å². The molecule has 1 aromatic heterocycles. The standard InChI is InChI=1S/C10H9ClN2O2/c1-8-6-9(13(14)15)7-12-10(8)4-2-3-5-11/h6-7H,3,5H2,1H3.